The van der Waals surface area contributed by atoms with E-state index in [-0.39, 0.29) is 0 Å². The number of nitrogen functional groups attached to an aromatic ring is 1. The van der Waals surface area contributed by atoms with Gasteiger partial charge in [-0.2, -0.15) is 11.3 Å². The Labute approximate surface area is 130 Å². The fraction of sp³-hybridized carbons (Fsp3) is 0.133. The minimum atomic E-state index is 0.670. The highest BCUT2D eigenvalue weighted by Crippen LogP contribution is 2.30. The lowest BCUT2D eigenvalue weighted by molar-refractivity contribution is 1.14. The van der Waals surface area contributed by atoms with Crippen LogP contribution in [0.2, 0.25) is 0 Å². The van der Waals surface area contributed by atoms with Crippen molar-refractivity contribution in [3.63, 3.8) is 0 Å². The number of nitrogens with two attached hydrogens (primary N) is 1. The number of nitrogens with zero attached hydrogens (tertiary/aromatic N) is 1. The quantitative estimate of drug-likeness (QED) is 0.729. The maximum atomic E-state index is 6.08. The molecule has 0 radical (unpaired) electrons. The molecule has 0 atom stereocenters. The first kappa shape index (κ1) is 13.4. The molecule has 2 heterocycles. The number of anilines is 2. The van der Waals surface area contributed by atoms with Crippen LogP contribution in [-0.4, -0.2) is 4.98 Å². The van der Waals surface area contributed by atoms with Crippen molar-refractivity contribution in [2.24, 2.45) is 0 Å². The van der Waals surface area contributed by atoms with Crippen molar-refractivity contribution in [2.75, 3.05) is 11.1 Å². The van der Waals surface area contributed by atoms with Gasteiger partial charge in [-0.05, 0) is 47.0 Å². The standard InChI is InChI=1S/C15H14BrN3S/c1-9-7-20-8-10(9)5-19-15-12-4-11(16)2-3-14(12)18-6-13(15)17/h2-4,6-8H,5,17H2,1H3,(H,18,19). The van der Waals surface area contributed by atoms with E-state index in [0.717, 1.165) is 27.6 Å². The lowest BCUT2D eigenvalue weighted by atomic mass is 10.1. The highest BCUT2D eigenvalue weighted by atomic mass is 79.9. The van der Waals surface area contributed by atoms with Crippen LogP contribution in [0.25, 0.3) is 10.9 Å². The maximum Gasteiger partial charge on any atom is 0.0743 e. The van der Waals surface area contributed by atoms with Crippen molar-refractivity contribution in [3.8, 4) is 0 Å². The van der Waals surface area contributed by atoms with Crippen LogP contribution in [0.15, 0.2) is 39.6 Å². The Morgan fingerprint density at radius 1 is 1.35 bits per heavy atom. The molecule has 0 bridgehead atoms. The predicted molar refractivity (Wildman–Crippen MR) is 90.2 cm³/mol. The number of aromatic nitrogens is 1. The number of rotatable bonds is 3. The van der Waals surface area contributed by atoms with E-state index in [1.165, 1.54) is 11.1 Å². The fourth-order valence-corrected chi connectivity index (χ4v) is 3.35. The monoisotopic (exact) mass is 347 g/mol. The molecule has 3 N–H and O–H groups in total. The highest BCUT2D eigenvalue weighted by Gasteiger charge is 2.08. The van der Waals surface area contributed by atoms with Crippen molar-refractivity contribution in [1.29, 1.82) is 0 Å². The molecule has 3 nitrogen and oxygen atoms in total. The summed E-state index contributed by atoms with van der Waals surface area (Å²) in [4.78, 5) is 4.36. The summed E-state index contributed by atoms with van der Waals surface area (Å²) in [5.41, 5.74) is 11.2. The van der Waals surface area contributed by atoms with Gasteiger partial charge in [0, 0.05) is 16.4 Å². The van der Waals surface area contributed by atoms with E-state index in [9.17, 15) is 0 Å². The second-order valence-electron chi connectivity index (χ2n) is 4.68. The van der Waals surface area contributed by atoms with E-state index in [1.54, 1.807) is 17.5 Å². The number of halogens is 1. The molecular formula is C15H14BrN3S. The molecule has 20 heavy (non-hydrogen) atoms. The molecule has 3 rings (SSSR count). The summed E-state index contributed by atoms with van der Waals surface area (Å²) in [7, 11) is 0. The van der Waals surface area contributed by atoms with Gasteiger partial charge in [0.2, 0.25) is 0 Å². The molecular weight excluding hydrogens is 334 g/mol. The zero-order valence-corrected chi connectivity index (χ0v) is 13.4. The summed E-state index contributed by atoms with van der Waals surface area (Å²) in [6.07, 6.45) is 1.71. The van der Waals surface area contributed by atoms with Crippen LogP contribution in [-0.2, 0) is 6.54 Å². The predicted octanol–water partition coefficient (Wildman–Crippen LogP) is 4.56. The molecule has 0 aliphatic heterocycles. The summed E-state index contributed by atoms with van der Waals surface area (Å²) < 4.78 is 1.02. The molecule has 0 amide bonds. The summed E-state index contributed by atoms with van der Waals surface area (Å²) in [5, 5.41) is 8.80. The molecule has 0 unspecified atom stereocenters. The minimum absolute atomic E-state index is 0.670. The van der Waals surface area contributed by atoms with Crippen LogP contribution in [0.5, 0.6) is 0 Å². The lowest BCUT2D eigenvalue weighted by Crippen LogP contribution is -2.04. The second-order valence-corrected chi connectivity index (χ2v) is 6.34. The van der Waals surface area contributed by atoms with Crippen LogP contribution in [0, 0.1) is 6.92 Å². The van der Waals surface area contributed by atoms with Gasteiger partial charge in [-0.3, -0.25) is 4.98 Å². The van der Waals surface area contributed by atoms with Crippen molar-refractivity contribution in [2.45, 2.75) is 13.5 Å². The summed E-state index contributed by atoms with van der Waals surface area (Å²) >= 11 is 5.22. The van der Waals surface area contributed by atoms with Gasteiger partial charge in [0.05, 0.1) is 23.1 Å². The molecule has 0 fully saturated rings. The Morgan fingerprint density at radius 3 is 2.95 bits per heavy atom. The summed E-state index contributed by atoms with van der Waals surface area (Å²) in [6.45, 7) is 2.89. The van der Waals surface area contributed by atoms with E-state index < -0.39 is 0 Å². The van der Waals surface area contributed by atoms with Crippen molar-refractivity contribution in [3.05, 3.63) is 50.8 Å². The van der Waals surface area contributed by atoms with Gasteiger partial charge in [-0.15, -0.1) is 0 Å². The number of fused-ring (bicyclic) bond motifs is 1. The molecule has 0 saturated heterocycles. The molecule has 0 spiro atoms. The van der Waals surface area contributed by atoms with E-state index in [0.29, 0.717) is 5.69 Å². The Kier molecular flexibility index (Phi) is 3.63. The van der Waals surface area contributed by atoms with Gasteiger partial charge in [-0.1, -0.05) is 15.9 Å². The Bertz CT molecular complexity index is 762. The first-order valence-corrected chi connectivity index (χ1v) is 7.98. The number of thiophene rings is 1. The first-order valence-electron chi connectivity index (χ1n) is 6.24. The number of nitrogens with one attached hydrogen (secondary N) is 1. The molecule has 102 valence electrons. The van der Waals surface area contributed by atoms with Crippen molar-refractivity contribution in [1.82, 2.24) is 4.98 Å². The summed E-state index contributed by atoms with van der Waals surface area (Å²) in [5.74, 6) is 0. The van der Waals surface area contributed by atoms with Crippen LogP contribution >= 0.6 is 27.3 Å². The largest absolute Gasteiger partial charge is 0.396 e. The average molecular weight is 348 g/mol. The third kappa shape index (κ3) is 2.51. The lowest BCUT2D eigenvalue weighted by Gasteiger charge is -2.12. The maximum absolute atomic E-state index is 6.08. The average Bonchev–Trinajstić information content (AvgIpc) is 2.83. The number of aryl methyl sites for hydroxylation is 1. The normalized spacial score (nSPS) is 10.9. The highest BCUT2D eigenvalue weighted by molar-refractivity contribution is 9.10. The van der Waals surface area contributed by atoms with Gasteiger partial charge < -0.3 is 11.1 Å². The van der Waals surface area contributed by atoms with E-state index in [4.69, 9.17) is 5.73 Å². The van der Waals surface area contributed by atoms with Crippen LogP contribution in [0.1, 0.15) is 11.1 Å². The number of hydrogen-bond acceptors (Lipinski definition) is 4. The smallest absolute Gasteiger partial charge is 0.0743 e. The van der Waals surface area contributed by atoms with Gasteiger partial charge in [0.25, 0.3) is 0 Å². The first-order chi connectivity index (χ1) is 9.65. The molecule has 0 aliphatic carbocycles. The summed E-state index contributed by atoms with van der Waals surface area (Å²) in [6, 6.07) is 6.01. The molecule has 0 saturated carbocycles. The Balaban J connectivity index is 1.99. The topological polar surface area (TPSA) is 50.9 Å². The number of hydrogen-bond donors (Lipinski definition) is 2. The number of benzene rings is 1. The van der Waals surface area contributed by atoms with E-state index in [2.05, 4.69) is 43.9 Å². The number of pyridine rings is 1. The molecule has 3 aromatic rings. The minimum Gasteiger partial charge on any atom is -0.396 e. The third-order valence-corrected chi connectivity index (χ3v) is 4.68. The molecule has 1 aromatic carbocycles. The fourth-order valence-electron chi connectivity index (χ4n) is 2.13. The van der Waals surface area contributed by atoms with Gasteiger partial charge >= 0.3 is 0 Å². The van der Waals surface area contributed by atoms with Crippen LogP contribution in [0.3, 0.4) is 0 Å². The zero-order valence-electron chi connectivity index (χ0n) is 11.0. The van der Waals surface area contributed by atoms with Crippen LogP contribution < -0.4 is 11.1 Å². The van der Waals surface area contributed by atoms with Gasteiger partial charge in [0.15, 0.2) is 0 Å². The molecule has 2 aromatic heterocycles. The second kappa shape index (κ2) is 5.42. The Hall–Kier alpha value is -1.59. The van der Waals surface area contributed by atoms with E-state index >= 15 is 0 Å². The Morgan fingerprint density at radius 2 is 2.20 bits per heavy atom. The van der Waals surface area contributed by atoms with Crippen molar-refractivity contribution >= 4 is 49.5 Å². The van der Waals surface area contributed by atoms with E-state index in [1.807, 2.05) is 18.2 Å². The van der Waals surface area contributed by atoms with Crippen molar-refractivity contribution < 1.29 is 0 Å². The third-order valence-electron chi connectivity index (χ3n) is 3.28. The molecule has 5 heteroatoms. The van der Waals surface area contributed by atoms with Gasteiger partial charge in [0.1, 0.15) is 0 Å². The van der Waals surface area contributed by atoms with Gasteiger partial charge in [-0.25, -0.2) is 0 Å². The SMILES string of the molecule is Cc1cscc1CNc1c(N)cnc2ccc(Br)cc12. The van der Waals surface area contributed by atoms with Crippen LogP contribution in [0.4, 0.5) is 11.4 Å². The molecule has 0 aliphatic rings. The zero-order chi connectivity index (χ0) is 14.1.